The van der Waals surface area contributed by atoms with Crippen molar-refractivity contribution in [3.63, 3.8) is 0 Å². The van der Waals surface area contributed by atoms with E-state index in [9.17, 15) is 0 Å². The van der Waals surface area contributed by atoms with Crippen LogP contribution in [0.2, 0.25) is 0 Å². The highest BCUT2D eigenvalue weighted by Gasteiger charge is 2.15. The normalized spacial score (nSPS) is 12.1. The van der Waals surface area contributed by atoms with Gasteiger partial charge in [-0.05, 0) is 40.7 Å². The summed E-state index contributed by atoms with van der Waals surface area (Å²) in [6, 6.07) is 0. The first-order valence-corrected chi connectivity index (χ1v) is 7.28. The van der Waals surface area contributed by atoms with Gasteiger partial charge >= 0.3 is 0 Å². The van der Waals surface area contributed by atoms with E-state index in [1.54, 1.807) is 0 Å². The van der Waals surface area contributed by atoms with Crippen molar-refractivity contribution >= 4 is 0 Å². The third-order valence-corrected chi connectivity index (χ3v) is 3.11. The van der Waals surface area contributed by atoms with Crippen molar-refractivity contribution in [1.82, 2.24) is 15.1 Å². The minimum absolute atomic E-state index is 0.0824. The fourth-order valence-electron chi connectivity index (χ4n) is 2.27. The lowest BCUT2D eigenvalue weighted by atomic mass is 10.1. The molecular weight excluding hydrogens is 238 g/mol. The van der Waals surface area contributed by atoms with E-state index in [1.165, 1.54) is 17.0 Å². The molecule has 0 unspecified atom stereocenters. The van der Waals surface area contributed by atoms with Crippen molar-refractivity contribution < 1.29 is 4.74 Å². The number of rotatable bonds is 7. The molecule has 0 aromatic carbocycles. The molecule has 1 aromatic rings. The number of hydrogen-bond acceptors (Lipinski definition) is 3. The maximum atomic E-state index is 5.80. The molecule has 1 N–H and O–H groups in total. The second-order valence-electron chi connectivity index (χ2n) is 5.79. The molecule has 0 radical (unpaired) electrons. The van der Waals surface area contributed by atoms with E-state index in [1.807, 2.05) is 7.05 Å². The predicted molar refractivity (Wildman–Crippen MR) is 79.5 cm³/mol. The number of nitrogens with one attached hydrogen (secondary N) is 1. The smallest absolute Gasteiger partial charge is 0.0669 e. The van der Waals surface area contributed by atoms with Gasteiger partial charge in [-0.15, -0.1) is 0 Å². The molecule has 0 saturated heterocycles. The average molecular weight is 267 g/mol. The highest BCUT2D eigenvalue weighted by molar-refractivity contribution is 5.26. The SMILES string of the molecule is CCc1nn(CCOC(C)(C)C)c(CC)c1CNC. The molecule has 0 spiro atoms. The van der Waals surface area contributed by atoms with Crippen LogP contribution in [0.25, 0.3) is 0 Å². The first-order chi connectivity index (χ1) is 8.92. The van der Waals surface area contributed by atoms with E-state index in [0.717, 1.165) is 25.9 Å². The summed E-state index contributed by atoms with van der Waals surface area (Å²) in [7, 11) is 1.99. The van der Waals surface area contributed by atoms with Crippen LogP contribution in [0, 0.1) is 0 Å². The van der Waals surface area contributed by atoms with Gasteiger partial charge in [-0.2, -0.15) is 5.10 Å². The van der Waals surface area contributed by atoms with Crippen LogP contribution in [0.4, 0.5) is 0 Å². The standard InChI is InChI=1S/C15H29N3O/c1-7-13-12(11-16-6)14(8-2)18(17-13)9-10-19-15(3,4)5/h16H,7-11H2,1-6H3. The maximum Gasteiger partial charge on any atom is 0.0669 e. The number of ether oxygens (including phenoxy) is 1. The number of aryl methyl sites for hydroxylation is 1. The molecule has 4 heteroatoms. The van der Waals surface area contributed by atoms with Gasteiger partial charge in [0.05, 0.1) is 24.4 Å². The molecule has 0 fully saturated rings. The minimum Gasteiger partial charge on any atom is -0.374 e. The summed E-state index contributed by atoms with van der Waals surface area (Å²) in [6.07, 6.45) is 2.00. The van der Waals surface area contributed by atoms with Crippen LogP contribution in [0.15, 0.2) is 0 Å². The largest absolute Gasteiger partial charge is 0.374 e. The van der Waals surface area contributed by atoms with Gasteiger partial charge in [0, 0.05) is 17.8 Å². The molecule has 1 aromatic heterocycles. The van der Waals surface area contributed by atoms with Crippen molar-refractivity contribution in [2.45, 2.75) is 66.2 Å². The Bertz CT molecular complexity index is 391. The minimum atomic E-state index is -0.0824. The Morgan fingerprint density at radius 3 is 2.37 bits per heavy atom. The van der Waals surface area contributed by atoms with Gasteiger partial charge in [0.2, 0.25) is 0 Å². The number of nitrogens with zero attached hydrogens (tertiary/aromatic N) is 2. The quantitative estimate of drug-likeness (QED) is 0.825. The highest BCUT2D eigenvalue weighted by Crippen LogP contribution is 2.16. The molecule has 1 heterocycles. The summed E-state index contributed by atoms with van der Waals surface area (Å²) in [5, 5.41) is 7.98. The van der Waals surface area contributed by atoms with Crippen LogP contribution in [0.3, 0.4) is 0 Å². The highest BCUT2D eigenvalue weighted by atomic mass is 16.5. The van der Waals surface area contributed by atoms with E-state index in [0.29, 0.717) is 6.61 Å². The van der Waals surface area contributed by atoms with Crippen molar-refractivity contribution in [3.8, 4) is 0 Å². The van der Waals surface area contributed by atoms with Gasteiger partial charge in [0.1, 0.15) is 0 Å². The van der Waals surface area contributed by atoms with Crippen molar-refractivity contribution in [3.05, 3.63) is 17.0 Å². The molecule has 1 rings (SSSR count). The van der Waals surface area contributed by atoms with Gasteiger partial charge in [0.25, 0.3) is 0 Å². The van der Waals surface area contributed by atoms with Crippen LogP contribution >= 0.6 is 0 Å². The molecule has 0 aliphatic heterocycles. The lowest BCUT2D eigenvalue weighted by molar-refractivity contribution is -0.00817. The first kappa shape index (κ1) is 16.2. The summed E-state index contributed by atoms with van der Waals surface area (Å²) < 4.78 is 7.92. The van der Waals surface area contributed by atoms with Gasteiger partial charge in [-0.25, -0.2) is 0 Å². The summed E-state index contributed by atoms with van der Waals surface area (Å²) in [6.45, 7) is 13.0. The maximum absolute atomic E-state index is 5.80. The zero-order chi connectivity index (χ0) is 14.5. The molecule has 0 atom stereocenters. The summed E-state index contributed by atoms with van der Waals surface area (Å²) in [5.74, 6) is 0. The Balaban J connectivity index is 2.82. The molecule has 4 nitrogen and oxygen atoms in total. The summed E-state index contributed by atoms with van der Waals surface area (Å²) >= 11 is 0. The van der Waals surface area contributed by atoms with Crippen molar-refractivity contribution in [1.29, 1.82) is 0 Å². The second-order valence-corrected chi connectivity index (χ2v) is 5.79. The van der Waals surface area contributed by atoms with E-state index >= 15 is 0 Å². The first-order valence-electron chi connectivity index (χ1n) is 7.28. The Morgan fingerprint density at radius 2 is 1.89 bits per heavy atom. The molecule has 0 aliphatic rings. The third-order valence-electron chi connectivity index (χ3n) is 3.11. The lowest BCUT2D eigenvalue weighted by Gasteiger charge is -2.19. The van der Waals surface area contributed by atoms with Gasteiger partial charge in [0.15, 0.2) is 0 Å². The van der Waals surface area contributed by atoms with Crippen LogP contribution in [0.5, 0.6) is 0 Å². The van der Waals surface area contributed by atoms with Gasteiger partial charge in [-0.3, -0.25) is 4.68 Å². The predicted octanol–water partition coefficient (Wildman–Crippen LogP) is 2.54. The molecule has 0 aliphatic carbocycles. The Kier molecular flexibility index (Phi) is 6.01. The molecule has 0 amide bonds. The molecular formula is C15H29N3O. The Hall–Kier alpha value is -0.870. The lowest BCUT2D eigenvalue weighted by Crippen LogP contribution is -2.22. The third kappa shape index (κ3) is 4.62. The monoisotopic (exact) mass is 267 g/mol. The molecule has 0 saturated carbocycles. The second kappa shape index (κ2) is 7.06. The van der Waals surface area contributed by atoms with Crippen LogP contribution in [0.1, 0.15) is 51.6 Å². The topological polar surface area (TPSA) is 39.1 Å². The Morgan fingerprint density at radius 1 is 1.21 bits per heavy atom. The Labute approximate surface area is 117 Å². The van der Waals surface area contributed by atoms with E-state index in [4.69, 9.17) is 9.84 Å². The van der Waals surface area contributed by atoms with Crippen molar-refractivity contribution in [2.75, 3.05) is 13.7 Å². The molecule has 0 bridgehead atoms. The van der Waals surface area contributed by atoms with E-state index in [-0.39, 0.29) is 5.60 Å². The van der Waals surface area contributed by atoms with E-state index < -0.39 is 0 Å². The van der Waals surface area contributed by atoms with Gasteiger partial charge < -0.3 is 10.1 Å². The van der Waals surface area contributed by atoms with Crippen LogP contribution in [-0.2, 0) is 30.7 Å². The van der Waals surface area contributed by atoms with E-state index in [2.05, 4.69) is 44.6 Å². The number of aromatic nitrogens is 2. The summed E-state index contributed by atoms with van der Waals surface area (Å²) in [4.78, 5) is 0. The van der Waals surface area contributed by atoms with Gasteiger partial charge in [-0.1, -0.05) is 13.8 Å². The number of hydrogen-bond donors (Lipinski definition) is 1. The fourth-order valence-corrected chi connectivity index (χ4v) is 2.27. The molecule has 19 heavy (non-hydrogen) atoms. The average Bonchev–Trinajstić information content (AvgIpc) is 2.65. The van der Waals surface area contributed by atoms with Crippen LogP contribution < -0.4 is 5.32 Å². The molecule has 110 valence electrons. The fraction of sp³-hybridized carbons (Fsp3) is 0.800. The van der Waals surface area contributed by atoms with Crippen molar-refractivity contribution in [2.24, 2.45) is 0 Å². The van der Waals surface area contributed by atoms with Crippen LogP contribution in [-0.4, -0.2) is 29.0 Å². The summed E-state index contributed by atoms with van der Waals surface area (Å²) in [5.41, 5.74) is 3.83. The zero-order valence-corrected chi connectivity index (χ0v) is 13.3. The zero-order valence-electron chi connectivity index (χ0n) is 13.3.